The summed E-state index contributed by atoms with van der Waals surface area (Å²) in [6.45, 7) is -0.287. The van der Waals surface area contributed by atoms with Gasteiger partial charge in [0.25, 0.3) is 16.1 Å². The van der Waals surface area contributed by atoms with Gasteiger partial charge < -0.3 is 9.62 Å². The van der Waals surface area contributed by atoms with Crippen LogP contribution in [0.25, 0.3) is 21.3 Å². The van der Waals surface area contributed by atoms with Crippen molar-refractivity contribution in [2.75, 3.05) is 0 Å². The number of rotatable bonds is 6. The maximum atomic E-state index is 11.0. The minimum absolute atomic E-state index is 0.0122. The van der Waals surface area contributed by atoms with Crippen LogP contribution in [0.15, 0.2) is 58.1 Å². The Hall–Kier alpha value is -3.19. The number of nitrogens with two attached hydrogens (primary N) is 1. The highest BCUT2D eigenvalue weighted by Gasteiger charge is 2.20. The molecule has 10 nitrogen and oxygen atoms in total. The maximum Gasteiger partial charge on any atom is 0.274 e. The van der Waals surface area contributed by atoms with Gasteiger partial charge in [0.15, 0.2) is 5.01 Å². The molecule has 0 aliphatic carbocycles. The summed E-state index contributed by atoms with van der Waals surface area (Å²) in [6.07, 6.45) is 0. The lowest BCUT2D eigenvalue weighted by atomic mass is 10.1. The van der Waals surface area contributed by atoms with Gasteiger partial charge in [-0.3, -0.25) is 0 Å². The molecule has 29 heavy (non-hydrogen) atoms. The van der Waals surface area contributed by atoms with E-state index in [1.165, 1.54) is 11.3 Å². The second-order valence-corrected chi connectivity index (χ2v) is 8.29. The molecule has 0 unspecified atom stereocenters. The van der Waals surface area contributed by atoms with Gasteiger partial charge in [-0.25, -0.2) is 10.1 Å². The van der Waals surface area contributed by atoms with Gasteiger partial charge in [0.2, 0.25) is 11.6 Å². The van der Waals surface area contributed by atoms with Crippen LogP contribution in [0.5, 0.6) is 0 Å². The number of aromatic nitrogens is 3. The highest BCUT2D eigenvalue weighted by atomic mass is 32.2. The van der Waals surface area contributed by atoms with Crippen LogP contribution < -0.4 is 9.86 Å². The summed E-state index contributed by atoms with van der Waals surface area (Å²) >= 11 is 1.30. The number of fused-ring (bicyclic) bond motifs is 1. The number of thiazole rings is 1. The van der Waals surface area contributed by atoms with Crippen molar-refractivity contribution in [2.45, 2.75) is 6.54 Å². The number of oxime groups is 1. The lowest BCUT2D eigenvalue weighted by molar-refractivity contribution is 0.317. The van der Waals surface area contributed by atoms with E-state index >= 15 is 0 Å². The van der Waals surface area contributed by atoms with Crippen LogP contribution in [0.4, 0.5) is 0 Å². The Labute approximate surface area is 168 Å². The molecule has 4 N–H and O–H groups in total. The summed E-state index contributed by atoms with van der Waals surface area (Å²) in [5.74, 6) is -0.135. The number of hydrogen-bond donors (Lipinski definition) is 3. The Morgan fingerprint density at radius 1 is 1.17 bits per heavy atom. The summed E-state index contributed by atoms with van der Waals surface area (Å²) in [5, 5.41) is 25.4. The number of benzene rings is 2. The number of hydrogen-bond acceptors (Lipinski definition) is 9. The minimum Gasteiger partial charge on any atom is -0.418 e. The van der Waals surface area contributed by atoms with Gasteiger partial charge in [0.1, 0.15) is 0 Å². The van der Waals surface area contributed by atoms with Gasteiger partial charge >= 0.3 is 0 Å². The van der Waals surface area contributed by atoms with Crippen LogP contribution in [-0.2, 0) is 16.8 Å². The van der Waals surface area contributed by atoms with E-state index in [9.17, 15) is 13.6 Å². The van der Waals surface area contributed by atoms with Crippen molar-refractivity contribution in [1.29, 1.82) is 0 Å². The van der Waals surface area contributed by atoms with E-state index in [0.29, 0.717) is 5.01 Å². The smallest absolute Gasteiger partial charge is 0.274 e. The topological polar surface area (TPSA) is 157 Å². The zero-order valence-corrected chi connectivity index (χ0v) is 16.3. The molecule has 0 aliphatic rings. The molecule has 2 aromatic heterocycles. The Bertz CT molecular complexity index is 1300. The molecule has 0 aliphatic heterocycles. The van der Waals surface area contributed by atoms with Gasteiger partial charge in [-0.1, -0.05) is 41.6 Å². The van der Waals surface area contributed by atoms with Crippen molar-refractivity contribution in [3.05, 3.63) is 65.3 Å². The van der Waals surface area contributed by atoms with Crippen LogP contribution in [0.1, 0.15) is 16.8 Å². The van der Waals surface area contributed by atoms with E-state index < -0.39 is 10.2 Å². The molecule has 2 heterocycles. The summed E-state index contributed by atoms with van der Waals surface area (Å²) in [7, 11) is -3.90. The Morgan fingerprint density at radius 3 is 2.69 bits per heavy atom. The van der Waals surface area contributed by atoms with Gasteiger partial charge in [-0.15, -0.1) is 21.5 Å². The predicted molar refractivity (Wildman–Crippen MR) is 107 cm³/mol. The second kappa shape index (κ2) is 7.67. The first kappa shape index (κ1) is 19.1. The lowest BCUT2D eigenvalue weighted by Crippen LogP contribution is -2.30. The van der Waals surface area contributed by atoms with Crippen LogP contribution in [0, 0.1) is 0 Å². The third-order valence-corrected chi connectivity index (χ3v) is 5.46. The van der Waals surface area contributed by atoms with Crippen molar-refractivity contribution in [2.24, 2.45) is 10.3 Å². The van der Waals surface area contributed by atoms with Crippen molar-refractivity contribution >= 4 is 37.5 Å². The molecule has 0 bridgehead atoms. The molecular formula is C17H14N6O4S2. The standard InChI is InChI=1S/C17H14N6O4S2/c18-29(25,26)19-9-14-21-22-16(27-14)15(23-24)17-20-12-7-6-11(8-13(12)28-17)10-4-2-1-3-5-10/h1-8,19,24H,9H2,(H2,18,25,26). The normalized spacial score (nSPS) is 12.5. The summed E-state index contributed by atoms with van der Waals surface area (Å²) in [4.78, 5) is 4.46. The molecule has 0 atom stereocenters. The third-order valence-electron chi connectivity index (χ3n) is 3.89. The van der Waals surface area contributed by atoms with Crippen LogP contribution in [0.3, 0.4) is 0 Å². The van der Waals surface area contributed by atoms with Gasteiger partial charge in [-0.05, 0) is 23.3 Å². The van der Waals surface area contributed by atoms with E-state index in [4.69, 9.17) is 9.56 Å². The van der Waals surface area contributed by atoms with Crippen LogP contribution in [-0.4, -0.2) is 34.5 Å². The Balaban J connectivity index is 1.63. The largest absolute Gasteiger partial charge is 0.418 e. The number of nitrogens with zero attached hydrogens (tertiary/aromatic N) is 4. The average Bonchev–Trinajstić information content (AvgIpc) is 3.34. The lowest BCUT2D eigenvalue weighted by Gasteiger charge is -2.00. The fourth-order valence-corrected chi connectivity index (χ4v) is 3.90. The summed E-state index contributed by atoms with van der Waals surface area (Å²) in [6, 6.07) is 15.7. The van der Waals surface area contributed by atoms with Crippen LogP contribution >= 0.6 is 11.3 Å². The molecule has 0 fully saturated rings. The minimum atomic E-state index is -3.90. The summed E-state index contributed by atoms with van der Waals surface area (Å²) in [5.41, 5.74) is 2.82. The predicted octanol–water partition coefficient (Wildman–Crippen LogP) is 1.87. The molecular weight excluding hydrogens is 416 g/mol. The molecule has 148 valence electrons. The fraction of sp³-hybridized carbons (Fsp3) is 0.0588. The molecule has 0 saturated heterocycles. The van der Waals surface area contributed by atoms with Crippen LogP contribution in [0.2, 0.25) is 0 Å². The second-order valence-electron chi connectivity index (χ2n) is 5.88. The van der Waals surface area contributed by atoms with E-state index in [0.717, 1.165) is 21.3 Å². The fourth-order valence-electron chi connectivity index (χ4n) is 2.60. The van der Waals surface area contributed by atoms with Crippen molar-refractivity contribution in [3.63, 3.8) is 0 Å². The van der Waals surface area contributed by atoms with E-state index in [1.807, 2.05) is 53.3 Å². The van der Waals surface area contributed by atoms with Crippen molar-refractivity contribution in [1.82, 2.24) is 19.9 Å². The highest BCUT2D eigenvalue weighted by Crippen LogP contribution is 2.29. The first-order valence-corrected chi connectivity index (χ1v) is 10.6. The Morgan fingerprint density at radius 2 is 1.97 bits per heavy atom. The quantitative estimate of drug-likeness (QED) is 0.239. The third kappa shape index (κ3) is 4.30. The molecule has 4 aromatic rings. The van der Waals surface area contributed by atoms with Gasteiger partial charge in [-0.2, -0.15) is 13.1 Å². The first-order chi connectivity index (χ1) is 13.9. The van der Waals surface area contributed by atoms with Crippen molar-refractivity contribution in [3.8, 4) is 11.1 Å². The van der Waals surface area contributed by atoms with Gasteiger partial charge in [0, 0.05) is 0 Å². The average molecular weight is 430 g/mol. The summed E-state index contributed by atoms with van der Waals surface area (Å²) < 4.78 is 30.2. The maximum absolute atomic E-state index is 11.0. The van der Waals surface area contributed by atoms with E-state index in [1.54, 1.807) is 0 Å². The highest BCUT2D eigenvalue weighted by molar-refractivity contribution is 7.87. The zero-order chi connectivity index (χ0) is 20.4. The van der Waals surface area contributed by atoms with Crippen molar-refractivity contribution < 1.29 is 18.0 Å². The van der Waals surface area contributed by atoms with E-state index in [-0.39, 0.29) is 24.0 Å². The SMILES string of the molecule is NS(=O)(=O)NCc1nnc(C(=NO)c2nc3ccc(-c4ccccc4)cc3s2)o1. The molecule has 0 radical (unpaired) electrons. The van der Waals surface area contributed by atoms with Gasteiger partial charge in [0.05, 0.1) is 16.8 Å². The molecule has 4 rings (SSSR count). The molecule has 0 saturated carbocycles. The molecule has 2 aromatic carbocycles. The molecule has 0 spiro atoms. The molecule has 0 amide bonds. The number of nitrogens with one attached hydrogen (secondary N) is 1. The zero-order valence-electron chi connectivity index (χ0n) is 14.7. The first-order valence-electron chi connectivity index (χ1n) is 8.21. The monoisotopic (exact) mass is 430 g/mol. The molecule has 12 heteroatoms. The Kier molecular flexibility index (Phi) is 5.07. The van der Waals surface area contributed by atoms with E-state index in [2.05, 4.69) is 20.3 Å².